The second-order valence-electron chi connectivity index (χ2n) is 3.89. The van der Waals surface area contributed by atoms with Crippen LogP contribution in [0.15, 0.2) is 24.3 Å². The summed E-state index contributed by atoms with van der Waals surface area (Å²) in [6.45, 7) is 2.42. The number of nitrogens with zero attached hydrogens (tertiary/aromatic N) is 2. The van der Waals surface area contributed by atoms with Crippen molar-refractivity contribution in [3.05, 3.63) is 44.9 Å². The molecule has 19 heavy (non-hydrogen) atoms. The van der Waals surface area contributed by atoms with Gasteiger partial charge in [0.1, 0.15) is 17.4 Å². The number of nitriles is 1. The van der Waals surface area contributed by atoms with E-state index in [4.69, 9.17) is 21.6 Å². The lowest BCUT2D eigenvalue weighted by Gasteiger charge is -2.05. The average molecular weight is 293 g/mol. The van der Waals surface area contributed by atoms with Gasteiger partial charge < -0.3 is 4.74 Å². The summed E-state index contributed by atoms with van der Waals surface area (Å²) < 4.78 is 5.65. The van der Waals surface area contributed by atoms with E-state index in [1.54, 1.807) is 6.07 Å². The minimum absolute atomic E-state index is 0.382. The van der Waals surface area contributed by atoms with Crippen molar-refractivity contribution < 1.29 is 4.74 Å². The SMILES string of the molecule is CCc1nc(COc2ccccc2Cl)sc1CC#N. The van der Waals surface area contributed by atoms with Crippen molar-refractivity contribution >= 4 is 22.9 Å². The third-order valence-corrected chi connectivity index (χ3v) is 3.97. The van der Waals surface area contributed by atoms with Gasteiger partial charge in [0.2, 0.25) is 0 Å². The molecule has 2 rings (SSSR count). The van der Waals surface area contributed by atoms with Gasteiger partial charge in [-0.2, -0.15) is 5.26 Å². The third kappa shape index (κ3) is 3.46. The summed E-state index contributed by atoms with van der Waals surface area (Å²) in [6.07, 6.45) is 1.24. The Kier molecular flexibility index (Phi) is 4.78. The van der Waals surface area contributed by atoms with E-state index in [2.05, 4.69) is 11.1 Å². The number of halogens is 1. The van der Waals surface area contributed by atoms with Gasteiger partial charge in [-0.25, -0.2) is 4.98 Å². The van der Waals surface area contributed by atoms with Crippen molar-refractivity contribution in [2.75, 3.05) is 0 Å². The van der Waals surface area contributed by atoms with E-state index in [9.17, 15) is 0 Å². The van der Waals surface area contributed by atoms with Gasteiger partial charge in [0.05, 0.1) is 23.2 Å². The summed E-state index contributed by atoms with van der Waals surface area (Å²) in [4.78, 5) is 5.52. The van der Waals surface area contributed by atoms with E-state index in [0.29, 0.717) is 23.8 Å². The van der Waals surface area contributed by atoms with E-state index in [1.165, 1.54) is 11.3 Å². The Bertz CT molecular complexity index is 604. The molecule has 0 spiro atoms. The number of rotatable bonds is 5. The molecular formula is C14H13ClN2OS. The first-order valence-electron chi connectivity index (χ1n) is 5.96. The maximum atomic E-state index is 8.77. The number of hydrogen-bond donors (Lipinski definition) is 0. The van der Waals surface area contributed by atoms with Crippen LogP contribution in [0.2, 0.25) is 5.02 Å². The molecule has 0 bridgehead atoms. The van der Waals surface area contributed by atoms with E-state index >= 15 is 0 Å². The topological polar surface area (TPSA) is 45.9 Å². The van der Waals surface area contributed by atoms with Gasteiger partial charge in [-0.05, 0) is 18.6 Å². The van der Waals surface area contributed by atoms with Crippen molar-refractivity contribution in [1.29, 1.82) is 5.26 Å². The number of aromatic nitrogens is 1. The van der Waals surface area contributed by atoms with Crippen LogP contribution in [0.25, 0.3) is 0 Å². The zero-order chi connectivity index (χ0) is 13.7. The average Bonchev–Trinajstić information content (AvgIpc) is 2.81. The second-order valence-corrected chi connectivity index (χ2v) is 5.46. The van der Waals surface area contributed by atoms with Crippen molar-refractivity contribution in [2.24, 2.45) is 0 Å². The zero-order valence-electron chi connectivity index (χ0n) is 10.5. The molecule has 1 heterocycles. The first kappa shape index (κ1) is 13.9. The van der Waals surface area contributed by atoms with Crippen LogP contribution in [0.5, 0.6) is 5.75 Å². The summed E-state index contributed by atoms with van der Waals surface area (Å²) in [5.41, 5.74) is 0.990. The van der Waals surface area contributed by atoms with Crippen LogP contribution in [0, 0.1) is 11.3 Å². The highest BCUT2D eigenvalue weighted by Crippen LogP contribution is 2.26. The van der Waals surface area contributed by atoms with Gasteiger partial charge in [-0.1, -0.05) is 30.7 Å². The molecule has 0 unspecified atom stereocenters. The van der Waals surface area contributed by atoms with Gasteiger partial charge in [0, 0.05) is 4.88 Å². The molecule has 0 radical (unpaired) electrons. The fraction of sp³-hybridized carbons (Fsp3) is 0.286. The maximum absolute atomic E-state index is 8.77. The predicted molar refractivity (Wildman–Crippen MR) is 76.6 cm³/mol. The molecule has 0 atom stereocenters. The van der Waals surface area contributed by atoms with Crippen LogP contribution in [0.3, 0.4) is 0 Å². The van der Waals surface area contributed by atoms with Gasteiger partial charge in [0.15, 0.2) is 0 Å². The Morgan fingerprint density at radius 3 is 2.89 bits per heavy atom. The molecule has 98 valence electrons. The minimum atomic E-state index is 0.382. The van der Waals surface area contributed by atoms with Crippen molar-refractivity contribution in [2.45, 2.75) is 26.4 Å². The molecular weight excluding hydrogens is 280 g/mol. The van der Waals surface area contributed by atoms with Crippen LogP contribution in [-0.2, 0) is 19.4 Å². The van der Waals surface area contributed by atoms with Crippen molar-refractivity contribution in [3.63, 3.8) is 0 Å². The van der Waals surface area contributed by atoms with Crippen LogP contribution in [-0.4, -0.2) is 4.98 Å². The highest BCUT2D eigenvalue weighted by atomic mass is 35.5. The zero-order valence-corrected chi connectivity index (χ0v) is 12.1. The van der Waals surface area contributed by atoms with Gasteiger partial charge in [-0.15, -0.1) is 11.3 Å². The van der Waals surface area contributed by atoms with Gasteiger partial charge >= 0.3 is 0 Å². The first-order chi connectivity index (χ1) is 9.24. The van der Waals surface area contributed by atoms with Crippen LogP contribution < -0.4 is 4.74 Å². The van der Waals surface area contributed by atoms with Gasteiger partial charge in [-0.3, -0.25) is 0 Å². The van der Waals surface area contributed by atoms with E-state index in [-0.39, 0.29) is 0 Å². The van der Waals surface area contributed by atoms with E-state index in [1.807, 2.05) is 25.1 Å². The highest BCUT2D eigenvalue weighted by Gasteiger charge is 2.10. The summed E-state index contributed by atoms with van der Waals surface area (Å²) in [6, 6.07) is 9.52. The lowest BCUT2D eigenvalue weighted by atomic mass is 10.2. The number of thiazole rings is 1. The standard InChI is InChI=1S/C14H13ClN2OS/c1-2-11-13(7-8-16)19-14(17-11)9-18-12-6-4-3-5-10(12)15/h3-6H,2,7,9H2,1H3. The van der Waals surface area contributed by atoms with E-state index in [0.717, 1.165) is 22.0 Å². The number of benzene rings is 1. The summed E-state index contributed by atoms with van der Waals surface area (Å²) >= 11 is 7.55. The third-order valence-electron chi connectivity index (χ3n) is 2.58. The molecule has 1 aromatic heterocycles. The molecule has 0 aliphatic carbocycles. The maximum Gasteiger partial charge on any atom is 0.140 e. The Labute approximate surface area is 121 Å². The molecule has 0 saturated carbocycles. The van der Waals surface area contributed by atoms with E-state index < -0.39 is 0 Å². The minimum Gasteiger partial charge on any atom is -0.485 e. The van der Waals surface area contributed by atoms with Crippen LogP contribution in [0.1, 0.15) is 22.5 Å². The Balaban J connectivity index is 2.08. The van der Waals surface area contributed by atoms with Crippen molar-refractivity contribution in [3.8, 4) is 11.8 Å². The summed E-state index contributed by atoms with van der Waals surface area (Å²) in [5, 5.41) is 10.2. The largest absolute Gasteiger partial charge is 0.485 e. The molecule has 1 aromatic carbocycles. The lowest BCUT2D eigenvalue weighted by Crippen LogP contribution is -1.95. The molecule has 5 heteroatoms. The molecule has 0 fully saturated rings. The smallest absolute Gasteiger partial charge is 0.140 e. The summed E-state index contributed by atoms with van der Waals surface area (Å²) in [5.74, 6) is 0.652. The second kappa shape index (κ2) is 6.55. The molecule has 0 aliphatic heterocycles. The molecule has 0 aliphatic rings. The fourth-order valence-corrected chi connectivity index (χ4v) is 2.88. The molecule has 3 nitrogen and oxygen atoms in total. The fourth-order valence-electron chi connectivity index (χ4n) is 1.69. The number of hydrogen-bond acceptors (Lipinski definition) is 4. The van der Waals surface area contributed by atoms with Crippen LogP contribution >= 0.6 is 22.9 Å². The van der Waals surface area contributed by atoms with Crippen LogP contribution in [0.4, 0.5) is 0 Å². The Hall–Kier alpha value is -1.57. The highest BCUT2D eigenvalue weighted by molar-refractivity contribution is 7.11. The summed E-state index contributed by atoms with van der Waals surface area (Å²) in [7, 11) is 0. The van der Waals surface area contributed by atoms with Gasteiger partial charge in [0.25, 0.3) is 0 Å². The first-order valence-corrected chi connectivity index (χ1v) is 7.15. The molecule has 2 aromatic rings. The Morgan fingerprint density at radius 2 is 2.21 bits per heavy atom. The lowest BCUT2D eigenvalue weighted by molar-refractivity contribution is 0.305. The number of ether oxygens (including phenoxy) is 1. The quantitative estimate of drug-likeness (QED) is 0.836. The number of para-hydroxylation sites is 1. The molecule has 0 saturated heterocycles. The number of aryl methyl sites for hydroxylation is 1. The monoisotopic (exact) mass is 292 g/mol. The molecule has 0 N–H and O–H groups in total. The Morgan fingerprint density at radius 1 is 1.42 bits per heavy atom. The molecule has 0 amide bonds. The van der Waals surface area contributed by atoms with Crippen molar-refractivity contribution in [1.82, 2.24) is 4.98 Å². The normalized spacial score (nSPS) is 10.2. The predicted octanol–water partition coefficient (Wildman–Crippen LogP) is 4.00.